The molecule has 1 aromatic carbocycles. The summed E-state index contributed by atoms with van der Waals surface area (Å²) in [5.41, 5.74) is 9.50. The third-order valence-electron chi connectivity index (χ3n) is 3.00. The number of nitrogens with zero attached hydrogens (tertiary/aromatic N) is 2. The van der Waals surface area contributed by atoms with E-state index >= 15 is 0 Å². The first-order valence-electron chi connectivity index (χ1n) is 5.59. The molecule has 0 aliphatic carbocycles. The molecule has 0 aliphatic rings. The molecule has 2 aromatic rings. The first-order valence-corrected chi connectivity index (χ1v) is 5.96. The largest absolute Gasteiger partial charge is 0.496 e. The van der Waals surface area contributed by atoms with Gasteiger partial charge >= 0.3 is 0 Å². The smallest absolute Gasteiger partial charge is 0.201 e. The Labute approximate surface area is 111 Å². The molecule has 18 heavy (non-hydrogen) atoms. The molecule has 0 spiro atoms. The highest BCUT2D eigenvalue weighted by Gasteiger charge is 2.15. The first-order chi connectivity index (χ1) is 8.45. The van der Waals surface area contributed by atoms with Crippen LogP contribution in [-0.2, 0) is 7.05 Å². The quantitative estimate of drug-likeness (QED) is 0.908. The minimum absolute atomic E-state index is 0.404. The number of hydrogen-bond acceptors (Lipinski definition) is 3. The summed E-state index contributed by atoms with van der Waals surface area (Å²) < 4.78 is 7.00. The van der Waals surface area contributed by atoms with Gasteiger partial charge in [-0.15, -0.1) is 0 Å². The zero-order valence-electron chi connectivity index (χ0n) is 10.9. The Morgan fingerprint density at radius 1 is 1.28 bits per heavy atom. The average Bonchev–Trinajstić information content (AvgIpc) is 2.56. The molecule has 0 fully saturated rings. The lowest BCUT2D eigenvalue weighted by Crippen LogP contribution is -1.96. The normalized spacial score (nSPS) is 10.7. The molecule has 0 aliphatic heterocycles. The lowest BCUT2D eigenvalue weighted by Gasteiger charge is -2.10. The number of aryl methyl sites for hydroxylation is 2. The van der Waals surface area contributed by atoms with Crippen molar-refractivity contribution in [3.05, 3.63) is 28.4 Å². The van der Waals surface area contributed by atoms with Gasteiger partial charge in [-0.3, -0.25) is 0 Å². The van der Waals surface area contributed by atoms with Gasteiger partial charge < -0.3 is 15.0 Å². The molecule has 1 aromatic heterocycles. The summed E-state index contributed by atoms with van der Waals surface area (Å²) in [5, 5.41) is 0.538. The van der Waals surface area contributed by atoms with E-state index in [4.69, 9.17) is 22.1 Å². The van der Waals surface area contributed by atoms with Gasteiger partial charge in [0.2, 0.25) is 5.95 Å². The molecule has 4 nitrogen and oxygen atoms in total. The van der Waals surface area contributed by atoms with Crippen LogP contribution in [0.1, 0.15) is 11.1 Å². The number of halogens is 1. The second-order valence-electron chi connectivity index (χ2n) is 4.31. The first kappa shape index (κ1) is 12.8. The minimum atomic E-state index is 0.404. The Balaban J connectivity index is 2.62. The highest BCUT2D eigenvalue weighted by Crippen LogP contribution is 2.33. The number of hydrogen-bond donors (Lipinski definition) is 1. The summed E-state index contributed by atoms with van der Waals surface area (Å²) in [6.45, 7) is 3.99. The Morgan fingerprint density at radius 3 is 2.22 bits per heavy atom. The lowest BCUT2D eigenvalue weighted by molar-refractivity contribution is 0.408. The van der Waals surface area contributed by atoms with Crippen molar-refractivity contribution in [3.63, 3.8) is 0 Å². The van der Waals surface area contributed by atoms with Crippen LogP contribution < -0.4 is 10.5 Å². The average molecular weight is 266 g/mol. The maximum Gasteiger partial charge on any atom is 0.201 e. The van der Waals surface area contributed by atoms with Crippen LogP contribution in [0.3, 0.4) is 0 Å². The van der Waals surface area contributed by atoms with Crippen LogP contribution in [0.4, 0.5) is 5.95 Å². The van der Waals surface area contributed by atoms with Crippen LogP contribution >= 0.6 is 11.6 Å². The van der Waals surface area contributed by atoms with Crippen molar-refractivity contribution >= 4 is 17.5 Å². The minimum Gasteiger partial charge on any atom is -0.496 e. The number of ether oxygens (including phenoxy) is 1. The predicted octanol–water partition coefficient (Wildman–Crippen LogP) is 2.95. The molecule has 1 heterocycles. The molecule has 0 saturated heterocycles. The molecule has 0 radical (unpaired) electrons. The van der Waals surface area contributed by atoms with Crippen LogP contribution in [0.5, 0.6) is 5.75 Å². The molecular formula is C13H16ClN3O. The highest BCUT2D eigenvalue weighted by molar-refractivity contribution is 6.32. The Kier molecular flexibility index (Phi) is 3.22. The molecule has 0 unspecified atom stereocenters. The van der Waals surface area contributed by atoms with E-state index in [1.165, 1.54) is 0 Å². The van der Waals surface area contributed by atoms with Gasteiger partial charge in [0.15, 0.2) is 0 Å². The van der Waals surface area contributed by atoms with Gasteiger partial charge in [0.05, 0.1) is 7.11 Å². The Hall–Kier alpha value is -1.68. The summed E-state index contributed by atoms with van der Waals surface area (Å²) in [6.07, 6.45) is 0. The molecule has 2 N–H and O–H groups in total. The van der Waals surface area contributed by atoms with Gasteiger partial charge in [0.25, 0.3) is 0 Å². The number of nitrogen functional groups attached to an aromatic ring is 1. The molecule has 0 saturated carbocycles. The van der Waals surface area contributed by atoms with Crippen molar-refractivity contribution in [3.8, 4) is 17.0 Å². The van der Waals surface area contributed by atoms with Gasteiger partial charge in [-0.05, 0) is 37.1 Å². The van der Waals surface area contributed by atoms with Crippen LogP contribution in [0.15, 0.2) is 12.1 Å². The summed E-state index contributed by atoms with van der Waals surface area (Å²) in [6, 6.07) is 4.00. The maximum absolute atomic E-state index is 6.22. The lowest BCUT2D eigenvalue weighted by atomic mass is 10.0. The SMILES string of the molecule is COc1c(C)cc(-c2nc(N)n(C)c2Cl)cc1C. The number of benzene rings is 1. The third-order valence-corrected chi connectivity index (χ3v) is 3.43. The Morgan fingerprint density at radius 2 is 1.83 bits per heavy atom. The summed E-state index contributed by atoms with van der Waals surface area (Å²) >= 11 is 6.22. The highest BCUT2D eigenvalue weighted by atomic mass is 35.5. The number of nitrogens with two attached hydrogens (primary N) is 1. The summed E-state index contributed by atoms with van der Waals surface area (Å²) in [7, 11) is 3.46. The zero-order chi connectivity index (χ0) is 13.4. The van der Waals surface area contributed by atoms with Crippen molar-refractivity contribution < 1.29 is 4.74 Å². The monoisotopic (exact) mass is 265 g/mol. The van der Waals surface area contributed by atoms with Gasteiger partial charge in [-0.25, -0.2) is 4.98 Å². The van der Waals surface area contributed by atoms with Crippen LogP contribution in [-0.4, -0.2) is 16.7 Å². The molecule has 5 heteroatoms. The van der Waals surface area contributed by atoms with Crippen molar-refractivity contribution in [1.29, 1.82) is 0 Å². The van der Waals surface area contributed by atoms with Crippen LogP contribution in [0.25, 0.3) is 11.3 Å². The number of methoxy groups -OCH3 is 1. The van der Waals surface area contributed by atoms with E-state index in [1.54, 1.807) is 18.7 Å². The number of anilines is 1. The number of imidazole rings is 1. The topological polar surface area (TPSA) is 53.1 Å². The summed E-state index contributed by atoms with van der Waals surface area (Å²) in [4.78, 5) is 4.29. The Bertz CT molecular complexity index is 582. The van der Waals surface area contributed by atoms with E-state index in [-0.39, 0.29) is 0 Å². The van der Waals surface area contributed by atoms with Crippen molar-refractivity contribution in [1.82, 2.24) is 9.55 Å². The molecule has 2 rings (SSSR count). The molecule has 0 amide bonds. The zero-order valence-corrected chi connectivity index (χ0v) is 11.7. The predicted molar refractivity (Wildman–Crippen MR) is 74.1 cm³/mol. The van der Waals surface area contributed by atoms with E-state index in [9.17, 15) is 0 Å². The van der Waals surface area contributed by atoms with Crippen molar-refractivity contribution in [2.45, 2.75) is 13.8 Å². The van der Waals surface area contributed by atoms with E-state index in [0.717, 1.165) is 22.4 Å². The second kappa shape index (κ2) is 4.53. The van der Waals surface area contributed by atoms with E-state index in [0.29, 0.717) is 16.8 Å². The van der Waals surface area contributed by atoms with Crippen LogP contribution in [0.2, 0.25) is 5.15 Å². The van der Waals surface area contributed by atoms with Gasteiger partial charge in [-0.1, -0.05) is 11.6 Å². The van der Waals surface area contributed by atoms with Gasteiger partial charge in [0.1, 0.15) is 16.6 Å². The van der Waals surface area contributed by atoms with E-state index in [1.807, 2.05) is 26.0 Å². The fraction of sp³-hybridized carbons (Fsp3) is 0.308. The van der Waals surface area contributed by atoms with E-state index < -0.39 is 0 Å². The fourth-order valence-electron chi connectivity index (χ4n) is 2.09. The van der Waals surface area contributed by atoms with Crippen molar-refractivity contribution in [2.75, 3.05) is 12.8 Å². The fourth-order valence-corrected chi connectivity index (χ4v) is 2.33. The summed E-state index contributed by atoms with van der Waals surface area (Å²) in [5.74, 6) is 1.29. The number of aromatic nitrogens is 2. The standard InChI is InChI=1S/C13H16ClN3O/c1-7-5-9(6-8(2)11(7)18-4)10-12(14)17(3)13(15)16-10/h5-6H,1-4H3,(H2,15,16). The van der Waals surface area contributed by atoms with Gasteiger partial charge in [0, 0.05) is 12.6 Å². The molecular weight excluding hydrogens is 250 g/mol. The molecule has 96 valence electrons. The van der Waals surface area contributed by atoms with E-state index in [2.05, 4.69) is 4.98 Å². The molecule has 0 bridgehead atoms. The van der Waals surface area contributed by atoms with Gasteiger partial charge in [-0.2, -0.15) is 0 Å². The number of rotatable bonds is 2. The third kappa shape index (κ3) is 1.93. The van der Waals surface area contributed by atoms with Crippen molar-refractivity contribution in [2.24, 2.45) is 7.05 Å². The van der Waals surface area contributed by atoms with Crippen LogP contribution in [0, 0.1) is 13.8 Å². The molecule has 0 atom stereocenters. The maximum atomic E-state index is 6.22. The second-order valence-corrected chi connectivity index (χ2v) is 4.67.